The van der Waals surface area contributed by atoms with Gasteiger partial charge >= 0.3 is 0 Å². The highest BCUT2D eigenvalue weighted by molar-refractivity contribution is 5.88. The van der Waals surface area contributed by atoms with E-state index in [9.17, 15) is 0 Å². The fourth-order valence-electron chi connectivity index (χ4n) is 3.54. The van der Waals surface area contributed by atoms with Gasteiger partial charge < -0.3 is 25.8 Å². The van der Waals surface area contributed by atoms with Crippen molar-refractivity contribution in [1.82, 2.24) is 30.2 Å². The summed E-state index contributed by atoms with van der Waals surface area (Å²) >= 11 is 0. The Balaban J connectivity index is 1.54. The number of nitrogen functional groups attached to an aromatic ring is 1. The van der Waals surface area contributed by atoms with Gasteiger partial charge in [0.25, 0.3) is 0 Å². The molecule has 0 bridgehead atoms. The number of morpholine rings is 1. The molecule has 32 heavy (non-hydrogen) atoms. The van der Waals surface area contributed by atoms with E-state index in [1.807, 2.05) is 30.3 Å². The Hall–Kier alpha value is -3.89. The fraction of sp³-hybridized carbons (Fsp3) is 0.227. The molecule has 4 heterocycles. The number of methoxy groups -OCH3 is 1. The van der Waals surface area contributed by atoms with Gasteiger partial charge in [0.15, 0.2) is 5.82 Å². The third-order valence-electron chi connectivity index (χ3n) is 5.10. The van der Waals surface area contributed by atoms with E-state index in [1.165, 1.54) is 0 Å². The lowest BCUT2D eigenvalue weighted by Gasteiger charge is -2.23. The standard InChI is InChI=1S/C22H22N8O2/c1-31-18-4-2-3-16-15(18)7-14(11-25-16)28-20-8-17(13-9-26-22(23)27-10-13)29-21(30-20)19-12-24-5-6-32-19/h2-4,7-11,19,24H,5-6,12H2,1H3,(H2,23,26,27)(H,28,29,30). The molecule has 0 saturated carbocycles. The van der Waals surface area contributed by atoms with E-state index in [-0.39, 0.29) is 12.1 Å². The minimum atomic E-state index is -0.256. The minimum absolute atomic E-state index is 0.206. The Labute approximate surface area is 184 Å². The molecular formula is C22H22N8O2. The third kappa shape index (κ3) is 4.13. The summed E-state index contributed by atoms with van der Waals surface area (Å²) in [5.74, 6) is 2.13. The summed E-state index contributed by atoms with van der Waals surface area (Å²) in [6.45, 7) is 2.04. The van der Waals surface area contributed by atoms with Crippen LogP contribution in [0.2, 0.25) is 0 Å². The topological polar surface area (TPSA) is 133 Å². The van der Waals surface area contributed by atoms with Crippen LogP contribution in [0.3, 0.4) is 0 Å². The first-order chi connectivity index (χ1) is 15.7. The first-order valence-electron chi connectivity index (χ1n) is 10.2. The van der Waals surface area contributed by atoms with Gasteiger partial charge in [-0.05, 0) is 18.2 Å². The maximum Gasteiger partial charge on any atom is 0.219 e. The highest BCUT2D eigenvalue weighted by atomic mass is 16.5. The molecule has 1 atom stereocenters. The number of fused-ring (bicyclic) bond motifs is 1. The van der Waals surface area contributed by atoms with Crippen molar-refractivity contribution in [3.8, 4) is 17.0 Å². The van der Waals surface area contributed by atoms with Crippen LogP contribution in [0, 0.1) is 0 Å². The third-order valence-corrected chi connectivity index (χ3v) is 5.10. The van der Waals surface area contributed by atoms with Crippen LogP contribution in [-0.4, -0.2) is 51.7 Å². The van der Waals surface area contributed by atoms with Gasteiger partial charge in [0.1, 0.15) is 17.7 Å². The molecule has 1 aliphatic rings. The first kappa shape index (κ1) is 20.0. The van der Waals surface area contributed by atoms with Crippen LogP contribution in [0.5, 0.6) is 5.75 Å². The first-order valence-corrected chi connectivity index (χ1v) is 10.2. The molecule has 1 unspecified atom stereocenters. The molecule has 1 aliphatic heterocycles. The Kier molecular flexibility index (Phi) is 5.44. The molecule has 10 heteroatoms. The summed E-state index contributed by atoms with van der Waals surface area (Å²) in [7, 11) is 1.64. The van der Waals surface area contributed by atoms with Gasteiger partial charge in [0.2, 0.25) is 5.95 Å². The Morgan fingerprint density at radius 3 is 2.78 bits per heavy atom. The maximum atomic E-state index is 5.87. The van der Waals surface area contributed by atoms with Crippen LogP contribution in [-0.2, 0) is 4.74 Å². The fourth-order valence-corrected chi connectivity index (χ4v) is 3.54. The second-order valence-electron chi connectivity index (χ2n) is 7.27. The number of anilines is 3. The summed E-state index contributed by atoms with van der Waals surface area (Å²) in [4.78, 5) is 22.1. The minimum Gasteiger partial charge on any atom is -0.496 e. The number of nitrogens with two attached hydrogens (primary N) is 1. The van der Waals surface area contributed by atoms with Gasteiger partial charge in [0, 0.05) is 42.5 Å². The molecule has 4 aromatic rings. The maximum absolute atomic E-state index is 5.87. The second kappa shape index (κ2) is 8.69. The van der Waals surface area contributed by atoms with Crippen molar-refractivity contribution >= 4 is 28.4 Å². The lowest BCUT2D eigenvalue weighted by molar-refractivity contribution is 0.0223. The van der Waals surface area contributed by atoms with E-state index < -0.39 is 0 Å². The predicted octanol–water partition coefficient (Wildman–Crippen LogP) is 2.48. The molecule has 3 aromatic heterocycles. The number of nitrogens with zero attached hydrogens (tertiary/aromatic N) is 5. The number of hydrogen-bond donors (Lipinski definition) is 3. The van der Waals surface area contributed by atoms with Gasteiger partial charge in [-0.2, -0.15) is 0 Å². The average molecular weight is 430 g/mol. The van der Waals surface area contributed by atoms with Gasteiger partial charge in [-0.1, -0.05) is 6.07 Å². The van der Waals surface area contributed by atoms with E-state index in [1.54, 1.807) is 25.7 Å². The Bertz CT molecular complexity index is 1240. The largest absolute Gasteiger partial charge is 0.496 e. The zero-order chi connectivity index (χ0) is 21.9. The summed E-state index contributed by atoms with van der Waals surface area (Å²) < 4.78 is 11.3. The molecular weight excluding hydrogens is 408 g/mol. The quantitative estimate of drug-likeness (QED) is 0.433. The number of benzene rings is 1. The summed E-state index contributed by atoms with van der Waals surface area (Å²) in [6, 6.07) is 9.58. The van der Waals surface area contributed by atoms with E-state index in [2.05, 4.69) is 25.6 Å². The molecule has 162 valence electrons. The second-order valence-corrected chi connectivity index (χ2v) is 7.27. The average Bonchev–Trinajstić information content (AvgIpc) is 2.84. The van der Waals surface area contributed by atoms with Crippen LogP contribution in [0.4, 0.5) is 17.5 Å². The van der Waals surface area contributed by atoms with Crippen molar-refractivity contribution in [3.05, 3.63) is 54.7 Å². The van der Waals surface area contributed by atoms with Crippen molar-refractivity contribution in [2.24, 2.45) is 0 Å². The lowest BCUT2D eigenvalue weighted by atomic mass is 10.2. The van der Waals surface area contributed by atoms with E-state index in [0.717, 1.165) is 34.4 Å². The van der Waals surface area contributed by atoms with E-state index in [4.69, 9.17) is 25.2 Å². The highest BCUT2D eigenvalue weighted by Gasteiger charge is 2.21. The molecule has 0 aliphatic carbocycles. The molecule has 1 fully saturated rings. The number of nitrogens with one attached hydrogen (secondary N) is 2. The molecule has 4 N–H and O–H groups in total. The van der Waals surface area contributed by atoms with Crippen molar-refractivity contribution < 1.29 is 9.47 Å². The van der Waals surface area contributed by atoms with Crippen molar-refractivity contribution in [2.75, 3.05) is 37.9 Å². The van der Waals surface area contributed by atoms with Crippen LogP contribution in [0.1, 0.15) is 11.9 Å². The number of aromatic nitrogens is 5. The van der Waals surface area contributed by atoms with Crippen LogP contribution < -0.4 is 21.1 Å². The molecule has 0 spiro atoms. The molecule has 1 aromatic carbocycles. The summed E-state index contributed by atoms with van der Waals surface area (Å²) in [5, 5.41) is 7.55. The van der Waals surface area contributed by atoms with Gasteiger partial charge in [-0.25, -0.2) is 19.9 Å². The van der Waals surface area contributed by atoms with E-state index >= 15 is 0 Å². The molecule has 0 amide bonds. The van der Waals surface area contributed by atoms with E-state index in [0.29, 0.717) is 30.5 Å². The highest BCUT2D eigenvalue weighted by Crippen LogP contribution is 2.29. The van der Waals surface area contributed by atoms with Gasteiger partial charge in [-0.15, -0.1) is 0 Å². The van der Waals surface area contributed by atoms with Crippen molar-refractivity contribution in [2.45, 2.75) is 6.10 Å². The normalized spacial score (nSPS) is 16.1. The number of rotatable bonds is 5. The molecule has 5 rings (SSSR count). The van der Waals surface area contributed by atoms with Crippen LogP contribution in [0.15, 0.2) is 48.9 Å². The number of ether oxygens (including phenoxy) is 2. The van der Waals surface area contributed by atoms with Crippen molar-refractivity contribution in [1.29, 1.82) is 0 Å². The van der Waals surface area contributed by atoms with Crippen LogP contribution in [0.25, 0.3) is 22.2 Å². The monoisotopic (exact) mass is 430 g/mol. The van der Waals surface area contributed by atoms with Gasteiger partial charge in [0.05, 0.1) is 36.8 Å². The number of hydrogen-bond acceptors (Lipinski definition) is 10. The molecule has 1 saturated heterocycles. The lowest BCUT2D eigenvalue weighted by Crippen LogP contribution is -2.34. The Morgan fingerprint density at radius 1 is 1.12 bits per heavy atom. The summed E-state index contributed by atoms with van der Waals surface area (Å²) in [6.07, 6.45) is 4.78. The molecule has 10 nitrogen and oxygen atoms in total. The Morgan fingerprint density at radius 2 is 2.00 bits per heavy atom. The smallest absolute Gasteiger partial charge is 0.219 e. The van der Waals surface area contributed by atoms with Crippen molar-refractivity contribution in [3.63, 3.8) is 0 Å². The SMILES string of the molecule is COc1cccc2ncc(Nc3cc(-c4cnc(N)nc4)nc(C4CNCCO4)n3)cc12. The molecule has 0 radical (unpaired) electrons. The predicted molar refractivity (Wildman–Crippen MR) is 121 cm³/mol. The zero-order valence-electron chi connectivity index (χ0n) is 17.4. The zero-order valence-corrected chi connectivity index (χ0v) is 17.4. The number of pyridine rings is 1. The van der Waals surface area contributed by atoms with Gasteiger partial charge in [-0.3, -0.25) is 4.98 Å². The summed E-state index contributed by atoms with van der Waals surface area (Å²) in [5.41, 5.74) is 8.65. The van der Waals surface area contributed by atoms with Crippen LogP contribution >= 0.6 is 0 Å².